The van der Waals surface area contributed by atoms with E-state index in [4.69, 9.17) is 10.7 Å². The summed E-state index contributed by atoms with van der Waals surface area (Å²) in [4.78, 5) is 4.73. The van der Waals surface area contributed by atoms with Gasteiger partial charge in [0.25, 0.3) is 0 Å². The van der Waals surface area contributed by atoms with Gasteiger partial charge in [0, 0.05) is 21.2 Å². The van der Waals surface area contributed by atoms with Crippen molar-refractivity contribution in [2.75, 3.05) is 5.73 Å². The fourth-order valence-corrected chi connectivity index (χ4v) is 2.59. The second kappa shape index (κ2) is 4.65. The maximum Gasteiger partial charge on any atom is 0.0766 e. The van der Waals surface area contributed by atoms with Crippen molar-refractivity contribution in [2.24, 2.45) is 5.92 Å². The van der Waals surface area contributed by atoms with E-state index in [-0.39, 0.29) is 0 Å². The Morgan fingerprint density at radius 2 is 2.06 bits per heavy atom. The average Bonchev–Trinajstić information content (AvgIpc) is 2.22. The summed E-state index contributed by atoms with van der Waals surface area (Å²) < 4.78 is 1.01. The molecule has 1 aromatic carbocycles. The van der Waals surface area contributed by atoms with Crippen LogP contribution in [0.1, 0.15) is 25.1 Å². The van der Waals surface area contributed by atoms with Crippen LogP contribution in [0, 0.1) is 12.8 Å². The Labute approximate surface area is 110 Å². The van der Waals surface area contributed by atoms with Crippen molar-refractivity contribution in [3.05, 3.63) is 33.9 Å². The molecule has 90 valence electrons. The van der Waals surface area contributed by atoms with E-state index in [1.165, 1.54) is 5.56 Å². The number of nitrogen functional groups attached to an aromatic ring is 1. The van der Waals surface area contributed by atoms with E-state index in [2.05, 4.69) is 42.8 Å². The molecule has 0 bridgehead atoms. The molecule has 0 aliphatic carbocycles. The lowest BCUT2D eigenvalue weighted by Gasteiger charge is -2.11. The van der Waals surface area contributed by atoms with Crippen LogP contribution in [0.5, 0.6) is 0 Å². The molecule has 2 aromatic rings. The van der Waals surface area contributed by atoms with Crippen LogP contribution in [0.4, 0.5) is 5.69 Å². The van der Waals surface area contributed by atoms with Crippen LogP contribution in [-0.4, -0.2) is 4.98 Å². The third kappa shape index (κ3) is 2.44. The largest absolute Gasteiger partial charge is 0.398 e. The average molecular weight is 293 g/mol. The topological polar surface area (TPSA) is 38.9 Å². The fourth-order valence-electron chi connectivity index (χ4n) is 2.04. The minimum Gasteiger partial charge on any atom is -0.398 e. The third-order valence-electron chi connectivity index (χ3n) is 2.81. The molecule has 0 amide bonds. The standard InChI is InChI=1S/C14H17BrN2/c1-8(2)6-10-7-12(16)13-11(15)5-4-9(3)14(13)17-10/h4-5,7-8H,6H2,1-3H3,(H2,16,17). The SMILES string of the molecule is Cc1ccc(Br)c2c(N)cc(CC(C)C)nc12. The Hall–Kier alpha value is -1.09. The predicted octanol–water partition coefficient (Wildman–Crippen LogP) is 4.09. The van der Waals surface area contributed by atoms with Crippen molar-refractivity contribution in [1.82, 2.24) is 4.98 Å². The molecule has 2 N–H and O–H groups in total. The lowest BCUT2D eigenvalue weighted by Crippen LogP contribution is -2.01. The van der Waals surface area contributed by atoms with E-state index >= 15 is 0 Å². The van der Waals surface area contributed by atoms with Crippen molar-refractivity contribution in [3.63, 3.8) is 0 Å². The monoisotopic (exact) mass is 292 g/mol. The van der Waals surface area contributed by atoms with Gasteiger partial charge >= 0.3 is 0 Å². The van der Waals surface area contributed by atoms with E-state index in [0.29, 0.717) is 5.92 Å². The highest BCUT2D eigenvalue weighted by Gasteiger charge is 2.09. The molecule has 0 radical (unpaired) electrons. The Morgan fingerprint density at radius 3 is 2.71 bits per heavy atom. The van der Waals surface area contributed by atoms with Gasteiger partial charge in [-0.1, -0.05) is 35.8 Å². The van der Waals surface area contributed by atoms with Crippen LogP contribution < -0.4 is 5.73 Å². The predicted molar refractivity (Wildman–Crippen MR) is 77.1 cm³/mol. The summed E-state index contributed by atoms with van der Waals surface area (Å²) in [6.45, 7) is 6.45. The number of rotatable bonds is 2. The normalized spacial score (nSPS) is 11.4. The van der Waals surface area contributed by atoms with Crippen molar-refractivity contribution in [3.8, 4) is 0 Å². The van der Waals surface area contributed by atoms with E-state index in [0.717, 1.165) is 33.2 Å². The number of anilines is 1. The Balaban J connectivity index is 2.68. The van der Waals surface area contributed by atoms with Crippen LogP contribution in [0.2, 0.25) is 0 Å². The number of fused-ring (bicyclic) bond motifs is 1. The molecule has 0 saturated heterocycles. The van der Waals surface area contributed by atoms with Crippen LogP contribution in [-0.2, 0) is 6.42 Å². The highest BCUT2D eigenvalue weighted by atomic mass is 79.9. The minimum atomic E-state index is 0.590. The van der Waals surface area contributed by atoms with Crippen LogP contribution in [0.25, 0.3) is 10.9 Å². The van der Waals surface area contributed by atoms with Gasteiger partial charge < -0.3 is 5.73 Å². The van der Waals surface area contributed by atoms with Crippen molar-refractivity contribution in [2.45, 2.75) is 27.2 Å². The van der Waals surface area contributed by atoms with E-state index < -0.39 is 0 Å². The fraction of sp³-hybridized carbons (Fsp3) is 0.357. The zero-order valence-corrected chi connectivity index (χ0v) is 12.0. The molecule has 1 heterocycles. The number of aromatic nitrogens is 1. The summed E-state index contributed by atoms with van der Waals surface area (Å²) in [5, 5.41) is 1.03. The van der Waals surface area contributed by atoms with Crippen molar-refractivity contribution < 1.29 is 0 Å². The zero-order valence-electron chi connectivity index (χ0n) is 10.4. The summed E-state index contributed by atoms with van der Waals surface area (Å²) in [7, 11) is 0. The van der Waals surface area contributed by atoms with Gasteiger partial charge in [-0.05, 0) is 37.0 Å². The number of pyridine rings is 1. The molecule has 2 rings (SSSR count). The van der Waals surface area contributed by atoms with Crippen molar-refractivity contribution in [1.29, 1.82) is 0 Å². The summed E-state index contributed by atoms with van der Waals surface area (Å²) >= 11 is 3.54. The lowest BCUT2D eigenvalue weighted by atomic mass is 10.0. The summed E-state index contributed by atoms with van der Waals surface area (Å²) in [5.74, 6) is 0.590. The number of nitrogens with zero attached hydrogens (tertiary/aromatic N) is 1. The molecular formula is C14H17BrN2. The molecule has 0 saturated carbocycles. The first kappa shape index (κ1) is 12.4. The van der Waals surface area contributed by atoms with Gasteiger partial charge in [-0.3, -0.25) is 4.98 Å². The second-order valence-electron chi connectivity index (χ2n) is 4.89. The number of nitrogens with two attached hydrogens (primary N) is 1. The molecule has 2 nitrogen and oxygen atoms in total. The van der Waals surface area contributed by atoms with E-state index in [9.17, 15) is 0 Å². The van der Waals surface area contributed by atoms with Crippen LogP contribution in [0.15, 0.2) is 22.7 Å². The summed E-state index contributed by atoms with van der Waals surface area (Å²) in [6, 6.07) is 6.09. The molecule has 1 aromatic heterocycles. The Kier molecular flexibility index (Phi) is 3.38. The smallest absolute Gasteiger partial charge is 0.0766 e. The van der Waals surface area contributed by atoms with Gasteiger partial charge in [-0.15, -0.1) is 0 Å². The van der Waals surface area contributed by atoms with Gasteiger partial charge in [0.05, 0.1) is 5.52 Å². The van der Waals surface area contributed by atoms with Gasteiger partial charge in [0.1, 0.15) is 0 Å². The number of hydrogen-bond donors (Lipinski definition) is 1. The Bertz CT molecular complexity index is 562. The molecule has 0 aliphatic rings. The number of halogens is 1. The minimum absolute atomic E-state index is 0.590. The quantitative estimate of drug-likeness (QED) is 0.906. The van der Waals surface area contributed by atoms with Crippen LogP contribution in [0.3, 0.4) is 0 Å². The van der Waals surface area contributed by atoms with Gasteiger partial charge in [0.15, 0.2) is 0 Å². The highest BCUT2D eigenvalue weighted by molar-refractivity contribution is 9.10. The second-order valence-corrected chi connectivity index (χ2v) is 5.74. The molecule has 3 heteroatoms. The first-order valence-electron chi connectivity index (χ1n) is 5.83. The molecule has 0 atom stereocenters. The maximum absolute atomic E-state index is 6.13. The van der Waals surface area contributed by atoms with E-state index in [1.54, 1.807) is 0 Å². The number of benzene rings is 1. The first-order chi connectivity index (χ1) is 7.99. The Morgan fingerprint density at radius 1 is 1.35 bits per heavy atom. The van der Waals surface area contributed by atoms with Crippen molar-refractivity contribution >= 4 is 32.5 Å². The third-order valence-corrected chi connectivity index (χ3v) is 3.47. The summed E-state index contributed by atoms with van der Waals surface area (Å²) in [5.41, 5.74) is 10.2. The molecule has 0 fully saturated rings. The summed E-state index contributed by atoms with van der Waals surface area (Å²) in [6.07, 6.45) is 0.964. The van der Waals surface area contributed by atoms with Gasteiger partial charge in [-0.25, -0.2) is 0 Å². The molecule has 17 heavy (non-hydrogen) atoms. The molecular weight excluding hydrogens is 276 g/mol. The van der Waals surface area contributed by atoms with Gasteiger partial charge in [0.2, 0.25) is 0 Å². The molecule has 0 aliphatic heterocycles. The number of hydrogen-bond acceptors (Lipinski definition) is 2. The molecule has 0 unspecified atom stereocenters. The molecule has 0 spiro atoms. The number of aryl methyl sites for hydroxylation is 1. The van der Waals surface area contributed by atoms with Gasteiger partial charge in [-0.2, -0.15) is 0 Å². The lowest BCUT2D eigenvalue weighted by molar-refractivity contribution is 0.637. The van der Waals surface area contributed by atoms with Crippen LogP contribution >= 0.6 is 15.9 Å². The zero-order chi connectivity index (χ0) is 12.6. The highest BCUT2D eigenvalue weighted by Crippen LogP contribution is 2.31. The first-order valence-corrected chi connectivity index (χ1v) is 6.62. The maximum atomic E-state index is 6.13. The van der Waals surface area contributed by atoms with E-state index in [1.807, 2.05) is 12.1 Å².